The molecule has 3 rings (SSSR count). The van der Waals surface area contributed by atoms with Crippen molar-refractivity contribution in [2.24, 2.45) is 0 Å². The average molecular weight is 432 g/mol. The topological polar surface area (TPSA) is 79.0 Å². The van der Waals surface area contributed by atoms with Crippen molar-refractivity contribution in [3.8, 4) is 5.75 Å². The Hall–Kier alpha value is -2.58. The first-order valence-corrected chi connectivity index (χ1v) is 11.5. The van der Waals surface area contributed by atoms with Crippen molar-refractivity contribution in [1.29, 1.82) is 0 Å². The number of rotatable bonds is 7. The molecule has 1 heterocycles. The number of hydrogen-bond acceptors (Lipinski definition) is 4. The zero-order valence-electron chi connectivity index (χ0n) is 17.5. The Kier molecular flexibility index (Phi) is 7.33. The van der Waals surface area contributed by atoms with Gasteiger partial charge in [0.25, 0.3) is 0 Å². The number of amides is 2. The molecular formula is C22H29N3O4S. The van der Waals surface area contributed by atoms with Crippen LogP contribution in [0.1, 0.15) is 30.4 Å². The molecule has 1 aliphatic heterocycles. The number of carbonyl (C=O) groups is 1. The number of nitrogens with one attached hydrogen (secondary N) is 1. The van der Waals surface area contributed by atoms with Crippen molar-refractivity contribution >= 4 is 16.1 Å². The monoisotopic (exact) mass is 431 g/mol. The predicted molar refractivity (Wildman–Crippen MR) is 116 cm³/mol. The molecule has 162 valence electrons. The first-order valence-electron chi connectivity index (χ1n) is 10.1. The van der Waals surface area contributed by atoms with Crippen LogP contribution in [0.2, 0.25) is 0 Å². The Morgan fingerprint density at radius 1 is 1.00 bits per heavy atom. The lowest BCUT2D eigenvalue weighted by Gasteiger charge is -2.25. The molecule has 7 nitrogen and oxygen atoms in total. The number of carbonyl (C=O) groups excluding carboxylic acids is 1. The molecule has 0 radical (unpaired) electrons. The molecule has 1 N–H and O–H groups in total. The molecule has 1 fully saturated rings. The summed E-state index contributed by atoms with van der Waals surface area (Å²) in [6.45, 7) is 1.97. The molecule has 0 bridgehead atoms. The molecule has 1 saturated heterocycles. The minimum absolute atomic E-state index is 0.198. The van der Waals surface area contributed by atoms with Crippen LogP contribution in [0.4, 0.5) is 4.79 Å². The van der Waals surface area contributed by atoms with Gasteiger partial charge in [0.1, 0.15) is 5.75 Å². The maximum Gasteiger partial charge on any atom is 0.317 e. The van der Waals surface area contributed by atoms with E-state index in [0.29, 0.717) is 31.1 Å². The molecular weight excluding hydrogens is 402 g/mol. The van der Waals surface area contributed by atoms with E-state index in [4.69, 9.17) is 4.74 Å². The van der Waals surface area contributed by atoms with Crippen molar-refractivity contribution in [1.82, 2.24) is 14.5 Å². The molecule has 1 aliphatic rings. The van der Waals surface area contributed by atoms with Crippen LogP contribution in [-0.2, 0) is 23.1 Å². The summed E-state index contributed by atoms with van der Waals surface area (Å²) in [7, 11) is -0.0891. The van der Waals surface area contributed by atoms with Crippen molar-refractivity contribution in [3.63, 3.8) is 0 Å². The van der Waals surface area contributed by atoms with Gasteiger partial charge in [-0.3, -0.25) is 0 Å². The number of nitrogens with zero attached hydrogens (tertiary/aromatic N) is 2. The summed E-state index contributed by atoms with van der Waals surface area (Å²) in [5, 5.41) is 2.87. The second kappa shape index (κ2) is 9.95. The van der Waals surface area contributed by atoms with Crippen LogP contribution in [0.25, 0.3) is 0 Å². The van der Waals surface area contributed by atoms with Crippen LogP contribution in [-0.4, -0.2) is 50.9 Å². The smallest absolute Gasteiger partial charge is 0.317 e. The molecule has 2 aromatic rings. The fourth-order valence-corrected chi connectivity index (χ4v) is 4.94. The molecule has 8 heteroatoms. The third-order valence-electron chi connectivity index (χ3n) is 5.25. The lowest BCUT2D eigenvalue weighted by Crippen LogP contribution is -2.36. The molecule has 0 saturated carbocycles. The molecule has 2 amide bonds. The number of urea groups is 1. The number of ether oxygens (including phenoxy) is 1. The van der Waals surface area contributed by atoms with Crippen LogP contribution >= 0.6 is 0 Å². The SMILES string of the molecule is COc1ccc(CN(C)C(=O)NCc2ccc(S(=O)(=O)N3CCCCC3)cc2)cc1. The second-order valence-electron chi connectivity index (χ2n) is 7.47. The van der Waals surface area contributed by atoms with Crippen LogP contribution in [0, 0.1) is 0 Å². The summed E-state index contributed by atoms with van der Waals surface area (Å²) in [4.78, 5) is 14.3. The summed E-state index contributed by atoms with van der Waals surface area (Å²) < 4.78 is 32.1. The highest BCUT2D eigenvalue weighted by molar-refractivity contribution is 7.89. The summed E-state index contributed by atoms with van der Waals surface area (Å²) >= 11 is 0. The van der Waals surface area contributed by atoms with Gasteiger partial charge in [-0.25, -0.2) is 13.2 Å². The van der Waals surface area contributed by atoms with Gasteiger partial charge >= 0.3 is 6.03 Å². The molecule has 0 spiro atoms. The molecule has 30 heavy (non-hydrogen) atoms. The second-order valence-corrected chi connectivity index (χ2v) is 9.41. The number of benzene rings is 2. The molecule has 0 aromatic heterocycles. The first-order chi connectivity index (χ1) is 14.4. The Morgan fingerprint density at radius 2 is 1.60 bits per heavy atom. The zero-order valence-corrected chi connectivity index (χ0v) is 18.3. The Bertz CT molecular complexity index is 937. The van der Waals surface area contributed by atoms with Crippen molar-refractivity contribution < 1.29 is 17.9 Å². The highest BCUT2D eigenvalue weighted by Gasteiger charge is 2.25. The summed E-state index contributed by atoms with van der Waals surface area (Å²) in [6, 6.07) is 14.1. The van der Waals surface area contributed by atoms with E-state index in [-0.39, 0.29) is 6.03 Å². The minimum Gasteiger partial charge on any atom is -0.497 e. The van der Waals surface area contributed by atoms with E-state index in [2.05, 4.69) is 5.32 Å². The molecule has 2 aromatic carbocycles. The number of hydrogen-bond donors (Lipinski definition) is 1. The van der Waals surface area contributed by atoms with Crippen LogP contribution in [0.15, 0.2) is 53.4 Å². The van der Waals surface area contributed by atoms with E-state index in [1.807, 2.05) is 24.3 Å². The van der Waals surface area contributed by atoms with E-state index in [9.17, 15) is 13.2 Å². The molecule has 0 aliphatic carbocycles. The molecule has 0 atom stereocenters. The highest BCUT2D eigenvalue weighted by atomic mass is 32.2. The number of piperidine rings is 1. The van der Waals surface area contributed by atoms with Gasteiger partial charge in [0.15, 0.2) is 0 Å². The summed E-state index contributed by atoms with van der Waals surface area (Å²) in [5.74, 6) is 0.775. The normalized spacial score (nSPS) is 14.9. The Balaban J connectivity index is 1.53. The number of sulfonamides is 1. The highest BCUT2D eigenvalue weighted by Crippen LogP contribution is 2.21. The standard InChI is InChI=1S/C22H29N3O4S/c1-24(17-19-6-10-20(29-2)11-7-19)22(26)23-16-18-8-12-21(13-9-18)30(27,28)25-14-4-3-5-15-25/h6-13H,3-5,14-17H2,1-2H3,(H,23,26). The van der Waals surface area contributed by atoms with Gasteiger partial charge in [-0.1, -0.05) is 30.7 Å². The summed E-state index contributed by atoms with van der Waals surface area (Å²) in [6.07, 6.45) is 2.90. The van der Waals surface area contributed by atoms with E-state index >= 15 is 0 Å². The van der Waals surface area contributed by atoms with Gasteiger partial charge < -0.3 is 15.0 Å². The maximum atomic E-state index is 12.7. The lowest BCUT2D eigenvalue weighted by molar-refractivity contribution is 0.206. The lowest BCUT2D eigenvalue weighted by atomic mass is 10.2. The van der Waals surface area contributed by atoms with Crippen LogP contribution in [0.3, 0.4) is 0 Å². The summed E-state index contributed by atoms with van der Waals surface area (Å²) in [5.41, 5.74) is 1.85. The van der Waals surface area contributed by atoms with Gasteiger partial charge in [-0.2, -0.15) is 4.31 Å². The zero-order chi connectivity index (χ0) is 21.6. The van der Waals surface area contributed by atoms with Gasteiger partial charge in [0, 0.05) is 33.2 Å². The van der Waals surface area contributed by atoms with E-state index in [1.165, 1.54) is 0 Å². The van der Waals surface area contributed by atoms with Crippen LogP contribution in [0.5, 0.6) is 5.75 Å². The van der Waals surface area contributed by atoms with Crippen molar-refractivity contribution in [2.45, 2.75) is 37.2 Å². The quantitative estimate of drug-likeness (QED) is 0.730. The maximum absolute atomic E-state index is 12.7. The fourth-order valence-electron chi connectivity index (χ4n) is 3.42. The van der Waals surface area contributed by atoms with Crippen molar-refractivity contribution in [3.05, 3.63) is 59.7 Å². The molecule has 0 unspecified atom stereocenters. The Morgan fingerprint density at radius 3 is 2.20 bits per heavy atom. The third-order valence-corrected chi connectivity index (χ3v) is 7.16. The van der Waals surface area contributed by atoms with Gasteiger partial charge in [0.05, 0.1) is 12.0 Å². The largest absolute Gasteiger partial charge is 0.497 e. The van der Waals surface area contributed by atoms with E-state index in [0.717, 1.165) is 36.1 Å². The number of methoxy groups -OCH3 is 1. The van der Waals surface area contributed by atoms with E-state index in [1.54, 1.807) is 47.6 Å². The third kappa shape index (κ3) is 5.52. The van der Waals surface area contributed by atoms with E-state index < -0.39 is 10.0 Å². The first kappa shape index (κ1) is 22.1. The van der Waals surface area contributed by atoms with Gasteiger partial charge in [0.2, 0.25) is 10.0 Å². The Labute approximate surface area is 178 Å². The van der Waals surface area contributed by atoms with Crippen molar-refractivity contribution in [2.75, 3.05) is 27.2 Å². The minimum atomic E-state index is -3.43. The van der Waals surface area contributed by atoms with Gasteiger partial charge in [-0.05, 0) is 48.2 Å². The predicted octanol–water partition coefficient (Wildman–Crippen LogP) is 3.21. The van der Waals surface area contributed by atoms with Crippen LogP contribution < -0.4 is 10.1 Å². The average Bonchev–Trinajstić information content (AvgIpc) is 2.78. The fraction of sp³-hybridized carbons (Fsp3) is 0.409. The van der Waals surface area contributed by atoms with Gasteiger partial charge in [-0.15, -0.1) is 0 Å².